The fraction of sp³-hybridized carbons (Fsp3) is 0.194. The Balaban J connectivity index is 1.55. The molecule has 10 heteroatoms. The molecule has 41 heavy (non-hydrogen) atoms. The number of amides is 1. The molecule has 210 valence electrons. The number of benzene rings is 3. The number of nitrogens with one attached hydrogen (secondary N) is 1. The van der Waals surface area contributed by atoms with E-state index in [1.165, 1.54) is 18.2 Å². The maximum atomic E-state index is 13.7. The van der Waals surface area contributed by atoms with Gasteiger partial charge in [0.1, 0.15) is 5.75 Å². The Morgan fingerprint density at radius 3 is 2.39 bits per heavy atom. The molecule has 1 amide bonds. The van der Waals surface area contributed by atoms with E-state index in [-0.39, 0.29) is 35.1 Å². The van der Waals surface area contributed by atoms with Gasteiger partial charge in [-0.1, -0.05) is 56.3 Å². The van der Waals surface area contributed by atoms with Crippen LogP contribution in [-0.4, -0.2) is 33.3 Å². The third-order valence-electron chi connectivity index (χ3n) is 7.19. The first-order chi connectivity index (χ1) is 19.4. The van der Waals surface area contributed by atoms with Crippen molar-refractivity contribution in [2.45, 2.75) is 37.9 Å². The second-order valence-corrected chi connectivity index (χ2v) is 10.2. The van der Waals surface area contributed by atoms with Crippen LogP contribution in [0.15, 0.2) is 90.1 Å². The fourth-order valence-corrected chi connectivity index (χ4v) is 4.90. The molecule has 5 rings (SSSR count). The van der Waals surface area contributed by atoms with Crippen LogP contribution < -0.4 is 10.3 Å². The highest BCUT2D eigenvalue weighted by Gasteiger charge is 2.42. The number of hydrazone groups is 1. The van der Waals surface area contributed by atoms with Crippen molar-refractivity contribution in [2.24, 2.45) is 5.10 Å². The standard InChI is InChI=1S/C31H26F3N3O4/c1-18(2)19-9-12-22(13-10-19)37-25-16-21(31(32,33)34)11-14-24(25)27(28(37)39)35-36-30(29(40)41)15-5-6-20(17-30)23-7-3-4-8-26(23)38/h3-16,18,36,38H,17H2,1-2H3,(H,40,41). The number of anilines is 2. The highest BCUT2D eigenvalue weighted by molar-refractivity contribution is 6.55. The van der Waals surface area contributed by atoms with Crippen molar-refractivity contribution in [3.63, 3.8) is 0 Å². The van der Waals surface area contributed by atoms with Gasteiger partial charge in [-0.05, 0) is 59.5 Å². The molecular formula is C31H26F3N3O4. The van der Waals surface area contributed by atoms with E-state index in [1.54, 1.807) is 48.5 Å². The summed E-state index contributed by atoms with van der Waals surface area (Å²) in [6.07, 6.45) is -0.215. The number of carbonyl (C=O) groups is 2. The molecule has 0 fully saturated rings. The van der Waals surface area contributed by atoms with E-state index in [9.17, 15) is 33.0 Å². The lowest BCUT2D eigenvalue weighted by molar-refractivity contribution is -0.142. The van der Waals surface area contributed by atoms with E-state index in [4.69, 9.17) is 0 Å². The topological polar surface area (TPSA) is 102 Å². The normalized spacial score (nSPS) is 19.5. The predicted molar refractivity (Wildman–Crippen MR) is 149 cm³/mol. The van der Waals surface area contributed by atoms with Crippen LogP contribution in [0.1, 0.15) is 48.4 Å². The van der Waals surface area contributed by atoms with Crippen molar-refractivity contribution < 1.29 is 33.0 Å². The molecule has 0 saturated carbocycles. The number of carbonyl (C=O) groups excluding carboxylic acids is 1. The summed E-state index contributed by atoms with van der Waals surface area (Å²) in [5.41, 5.74) is 2.06. The first-order valence-electron chi connectivity index (χ1n) is 12.8. The zero-order valence-corrected chi connectivity index (χ0v) is 22.1. The summed E-state index contributed by atoms with van der Waals surface area (Å²) < 4.78 is 40.8. The quantitative estimate of drug-likeness (QED) is 0.304. The van der Waals surface area contributed by atoms with Crippen LogP contribution in [0, 0.1) is 0 Å². The highest BCUT2D eigenvalue weighted by atomic mass is 19.4. The Morgan fingerprint density at radius 2 is 1.76 bits per heavy atom. The van der Waals surface area contributed by atoms with Gasteiger partial charge < -0.3 is 10.2 Å². The zero-order valence-electron chi connectivity index (χ0n) is 22.1. The number of alkyl halides is 3. The van der Waals surface area contributed by atoms with Crippen LogP contribution >= 0.6 is 0 Å². The van der Waals surface area contributed by atoms with Gasteiger partial charge in [0.05, 0.1) is 11.3 Å². The number of hydrogen-bond acceptors (Lipinski definition) is 5. The number of phenolic OH excluding ortho intramolecular Hbond substituents is 1. The van der Waals surface area contributed by atoms with Gasteiger partial charge in [-0.25, -0.2) is 4.79 Å². The Hall–Kier alpha value is -4.86. The molecule has 1 heterocycles. The Kier molecular flexibility index (Phi) is 6.94. The van der Waals surface area contributed by atoms with E-state index in [0.717, 1.165) is 28.7 Å². The Bertz CT molecular complexity index is 1620. The molecule has 0 bridgehead atoms. The molecule has 3 aromatic carbocycles. The summed E-state index contributed by atoms with van der Waals surface area (Å²) in [6.45, 7) is 3.99. The van der Waals surface area contributed by atoms with Gasteiger partial charge in [0, 0.05) is 23.2 Å². The van der Waals surface area contributed by atoms with Gasteiger partial charge in [0.2, 0.25) is 0 Å². The maximum absolute atomic E-state index is 13.7. The number of halogens is 3. The number of carboxylic acids is 1. The molecule has 1 unspecified atom stereocenters. The van der Waals surface area contributed by atoms with Crippen molar-refractivity contribution in [2.75, 3.05) is 4.90 Å². The molecule has 1 aliphatic heterocycles. The molecule has 3 N–H and O–H groups in total. The number of fused-ring (bicyclic) bond motifs is 1. The van der Waals surface area contributed by atoms with Crippen LogP contribution in [0.3, 0.4) is 0 Å². The van der Waals surface area contributed by atoms with Gasteiger partial charge in [-0.15, -0.1) is 0 Å². The number of aromatic hydroxyl groups is 1. The van der Waals surface area contributed by atoms with E-state index >= 15 is 0 Å². The summed E-state index contributed by atoms with van der Waals surface area (Å²) in [5.74, 6) is -1.82. The largest absolute Gasteiger partial charge is 0.507 e. The van der Waals surface area contributed by atoms with Gasteiger partial charge in [-0.2, -0.15) is 18.3 Å². The fourth-order valence-electron chi connectivity index (χ4n) is 4.90. The van der Waals surface area contributed by atoms with E-state index < -0.39 is 29.2 Å². The van der Waals surface area contributed by atoms with Crippen molar-refractivity contribution in [1.29, 1.82) is 0 Å². The molecule has 3 aromatic rings. The minimum atomic E-state index is -4.64. The highest BCUT2D eigenvalue weighted by Crippen LogP contribution is 2.41. The average Bonchev–Trinajstić information content (AvgIpc) is 3.22. The molecule has 0 radical (unpaired) electrons. The number of phenols is 1. The minimum absolute atomic E-state index is 0.0129. The van der Waals surface area contributed by atoms with Crippen LogP contribution in [0.2, 0.25) is 0 Å². The molecule has 2 aliphatic rings. The number of aliphatic carboxylic acids is 1. The van der Waals surface area contributed by atoms with Gasteiger partial charge in [0.25, 0.3) is 5.91 Å². The summed E-state index contributed by atoms with van der Waals surface area (Å²) >= 11 is 0. The van der Waals surface area contributed by atoms with Crippen molar-refractivity contribution >= 4 is 34.5 Å². The second kappa shape index (κ2) is 10.3. The molecular weight excluding hydrogens is 535 g/mol. The lowest BCUT2D eigenvalue weighted by Gasteiger charge is -2.29. The van der Waals surface area contributed by atoms with Crippen LogP contribution in [0.4, 0.5) is 24.5 Å². The van der Waals surface area contributed by atoms with Gasteiger partial charge >= 0.3 is 12.1 Å². The summed E-state index contributed by atoms with van der Waals surface area (Å²) in [5, 5.41) is 24.7. The predicted octanol–water partition coefficient (Wildman–Crippen LogP) is 6.37. The number of nitrogens with zero attached hydrogens (tertiary/aromatic N) is 2. The Labute approximate surface area is 233 Å². The first kappa shape index (κ1) is 27.7. The number of carboxylic acid groups (broad SMARTS) is 1. The lowest BCUT2D eigenvalue weighted by atomic mass is 9.84. The van der Waals surface area contributed by atoms with E-state index in [1.807, 2.05) is 13.8 Å². The smallest absolute Gasteiger partial charge is 0.416 e. The number of allylic oxidation sites excluding steroid dienone is 2. The Morgan fingerprint density at radius 1 is 1.05 bits per heavy atom. The molecule has 7 nitrogen and oxygen atoms in total. The van der Waals surface area contributed by atoms with E-state index in [0.29, 0.717) is 16.8 Å². The maximum Gasteiger partial charge on any atom is 0.416 e. The third-order valence-corrected chi connectivity index (χ3v) is 7.19. The van der Waals surface area contributed by atoms with Gasteiger partial charge in [-0.3, -0.25) is 15.1 Å². The number of rotatable bonds is 6. The number of hydrogen-bond donors (Lipinski definition) is 3. The van der Waals surface area contributed by atoms with Crippen molar-refractivity contribution in [3.05, 3.63) is 107 Å². The first-order valence-corrected chi connectivity index (χ1v) is 12.8. The van der Waals surface area contributed by atoms with E-state index in [2.05, 4.69) is 10.5 Å². The average molecular weight is 562 g/mol. The van der Waals surface area contributed by atoms with Crippen LogP contribution in [0.25, 0.3) is 5.57 Å². The molecule has 0 saturated heterocycles. The summed E-state index contributed by atoms with van der Waals surface area (Å²) in [6, 6.07) is 16.3. The minimum Gasteiger partial charge on any atom is -0.507 e. The molecule has 0 aromatic heterocycles. The molecule has 0 spiro atoms. The lowest BCUT2D eigenvalue weighted by Crippen LogP contribution is -2.49. The van der Waals surface area contributed by atoms with Crippen LogP contribution in [0.5, 0.6) is 5.75 Å². The van der Waals surface area contributed by atoms with Gasteiger partial charge in [0.15, 0.2) is 11.3 Å². The van der Waals surface area contributed by atoms with Crippen molar-refractivity contribution in [1.82, 2.24) is 5.43 Å². The molecule has 1 aliphatic carbocycles. The summed E-state index contributed by atoms with van der Waals surface area (Å²) in [4.78, 5) is 27.3. The second-order valence-electron chi connectivity index (χ2n) is 10.2. The van der Waals surface area contributed by atoms with Crippen molar-refractivity contribution in [3.8, 4) is 5.75 Å². The third kappa shape index (κ3) is 5.08. The summed E-state index contributed by atoms with van der Waals surface area (Å²) in [7, 11) is 0. The monoisotopic (exact) mass is 561 g/mol. The number of para-hydroxylation sites is 1. The SMILES string of the molecule is CC(C)c1ccc(N2C(=O)C(=NNC3(C(=O)O)C=CC=C(c4ccccc4O)C3)c3ccc(C(F)(F)F)cc32)cc1. The van der Waals surface area contributed by atoms with Crippen LogP contribution in [-0.2, 0) is 15.8 Å². The zero-order chi connectivity index (χ0) is 29.5. The molecule has 1 atom stereocenters.